The molecule has 4 rings (SSSR count). The second-order valence-corrected chi connectivity index (χ2v) is 8.35. The Labute approximate surface area is 192 Å². The Balaban J connectivity index is 1.25. The summed E-state index contributed by atoms with van der Waals surface area (Å²) in [4.78, 5) is 29.5. The monoisotopic (exact) mass is 451 g/mol. The van der Waals surface area contributed by atoms with Gasteiger partial charge in [0.2, 0.25) is 0 Å². The molecule has 2 heterocycles. The number of nitrogens with one attached hydrogen (secondary N) is 2. The second kappa shape index (κ2) is 10.5. The molecule has 1 aromatic heterocycles. The molecule has 1 aliphatic heterocycles. The number of benzene rings is 2. The van der Waals surface area contributed by atoms with E-state index in [9.17, 15) is 14.7 Å². The van der Waals surface area contributed by atoms with E-state index in [4.69, 9.17) is 9.47 Å². The molecule has 1 amide bonds. The molecular formula is C25H29N3O5. The number of carbonyl (C=O) groups is 1. The minimum absolute atomic E-state index is 0.120. The number of likely N-dealkylation sites (tertiary alicyclic amines) is 1. The number of rotatable bonds is 8. The van der Waals surface area contributed by atoms with E-state index in [0.717, 1.165) is 16.5 Å². The normalized spacial score (nSPS) is 18.4. The molecule has 1 fully saturated rings. The number of nitrogens with zero attached hydrogens (tertiary/aromatic N) is 1. The van der Waals surface area contributed by atoms with E-state index in [1.54, 1.807) is 13.2 Å². The van der Waals surface area contributed by atoms with Gasteiger partial charge < -0.3 is 24.9 Å². The van der Waals surface area contributed by atoms with Gasteiger partial charge in [-0.1, -0.05) is 30.3 Å². The first-order valence-corrected chi connectivity index (χ1v) is 11.1. The fourth-order valence-corrected chi connectivity index (χ4v) is 4.11. The van der Waals surface area contributed by atoms with Crippen LogP contribution in [-0.2, 0) is 17.7 Å². The number of hydrogen-bond acceptors (Lipinski definition) is 6. The summed E-state index contributed by atoms with van der Waals surface area (Å²) in [6.45, 7) is 2.28. The number of carbonyl (C=O) groups excluding carboxylic acids is 1. The van der Waals surface area contributed by atoms with Gasteiger partial charge in [-0.15, -0.1) is 0 Å². The molecule has 174 valence electrons. The number of aliphatic hydroxyl groups is 1. The maximum absolute atomic E-state index is 12.5. The third-order valence-electron chi connectivity index (χ3n) is 6.02. The SMILES string of the molecule is COc1ccc2cc(CCN3C[C@@H](COC(=O)NCc4ccccc4)[C@H](O)C3)c(=O)[nH]c2c1. The summed E-state index contributed by atoms with van der Waals surface area (Å²) in [6, 6.07) is 17.1. The molecule has 2 atom stereocenters. The fraction of sp³-hybridized carbons (Fsp3) is 0.360. The number of fused-ring (bicyclic) bond motifs is 1. The van der Waals surface area contributed by atoms with Crippen LogP contribution in [0.25, 0.3) is 10.9 Å². The molecule has 8 nitrogen and oxygen atoms in total. The molecule has 1 aliphatic rings. The highest BCUT2D eigenvalue weighted by Gasteiger charge is 2.32. The van der Waals surface area contributed by atoms with Crippen LogP contribution in [0.15, 0.2) is 59.4 Å². The molecule has 8 heteroatoms. The van der Waals surface area contributed by atoms with Crippen molar-refractivity contribution in [1.29, 1.82) is 0 Å². The lowest BCUT2D eigenvalue weighted by atomic mass is 10.1. The average molecular weight is 452 g/mol. The molecule has 0 saturated carbocycles. The summed E-state index contributed by atoms with van der Waals surface area (Å²) in [6.07, 6.45) is -0.507. The van der Waals surface area contributed by atoms with Crippen molar-refractivity contribution in [1.82, 2.24) is 15.2 Å². The highest BCUT2D eigenvalue weighted by atomic mass is 16.5. The van der Waals surface area contributed by atoms with Gasteiger partial charge in [0.15, 0.2) is 0 Å². The van der Waals surface area contributed by atoms with Crippen LogP contribution in [-0.4, -0.2) is 60.5 Å². The highest BCUT2D eigenvalue weighted by Crippen LogP contribution is 2.20. The third kappa shape index (κ3) is 5.91. The van der Waals surface area contributed by atoms with Gasteiger partial charge in [-0.25, -0.2) is 4.79 Å². The number of ether oxygens (including phenoxy) is 2. The summed E-state index contributed by atoms with van der Waals surface area (Å²) in [5, 5.41) is 14.1. The van der Waals surface area contributed by atoms with Gasteiger partial charge in [0.25, 0.3) is 5.56 Å². The first-order chi connectivity index (χ1) is 16.0. The zero-order valence-electron chi connectivity index (χ0n) is 18.6. The van der Waals surface area contributed by atoms with Crippen molar-refractivity contribution in [3.63, 3.8) is 0 Å². The van der Waals surface area contributed by atoms with Gasteiger partial charge in [0, 0.05) is 43.7 Å². The van der Waals surface area contributed by atoms with E-state index in [1.807, 2.05) is 48.5 Å². The molecule has 33 heavy (non-hydrogen) atoms. The van der Waals surface area contributed by atoms with Crippen LogP contribution in [0.5, 0.6) is 5.75 Å². The number of H-pyrrole nitrogens is 1. The van der Waals surface area contributed by atoms with Crippen LogP contribution < -0.4 is 15.6 Å². The van der Waals surface area contributed by atoms with Crippen LogP contribution in [0.2, 0.25) is 0 Å². The van der Waals surface area contributed by atoms with E-state index in [0.29, 0.717) is 43.9 Å². The molecule has 0 aliphatic carbocycles. The summed E-state index contributed by atoms with van der Waals surface area (Å²) in [5.41, 5.74) is 2.31. The molecule has 2 aromatic carbocycles. The van der Waals surface area contributed by atoms with Gasteiger partial charge in [0.05, 0.1) is 25.3 Å². The Bertz CT molecular complexity index is 1150. The van der Waals surface area contributed by atoms with Crippen LogP contribution >= 0.6 is 0 Å². The maximum atomic E-state index is 12.5. The molecule has 0 unspecified atom stereocenters. The third-order valence-corrected chi connectivity index (χ3v) is 6.02. The minimum atomic E-state index is -0.575. The zero-order chi connectivity index (χ0) is 23.2. The average Bonchev–Trinajstić information content (AvgIpc) is 3.19. The molecule has 0 spiro atoms. The molecular weight excluding hydrogens is 422 g/mol. The van der Waals surface area contributed by atoms with Gasteiger partial charge in [0.1, 0.15) is 5.75 Å². The second-order valence-electron chi connectivity index (χ2n) is 8.35. The highest BCUT2D eigenvalue weighted by molar-refractivity contribution is 5.80. The van der Waals surface area contributed by atoms with Crippen molar-refractivity contribution < 1.29 is 19.4 Å². The van der Waals surface area contributed by atoms with Crippen molar-refractivity contribution in [3.8, 4) is 5.75 Å². The molecule has 0 bridgehead atoms. The predicted molar refractivity (Wildman–Crippen MR) is 125 cm³/mol. The van der Waals surface area contributed by atoms with Crippen molar-refractivity contribution in [2.75, 3.05) is 33.4 Å². The number of pyridine rings is 1. The van der Waals surface area contributed by atoms with E-state index < -0.39 is 12.2 Å². The number of alkyl carbamates (subject to hydrolysis) is 1. The minimum Gasteiger partial charge on any atom is -0.497 e. The van der Waals surface area contributed by atoms with E-state index in [1.165, 1.54) is 0 Å². The van der Waals surface area contributed by atoms with E-state index in [-0.39, 0.29) is 18.1 Å². The largest absolute Gasteiger partial charge is 0.497 e. The summed E-state index contributed by atoms with van der Waals surface area (Å²) >= 11 is 0. The van der Waals surface area contributed by atoms with Gasteiger partial charge >= 0.3 is 6.09 Å². The number of aromatic amines is 1. The summed E-state index contributed by atoms with van der Waals surface area (Å²) in [7, 11) is 1.59. The lowest BCUT2D eigenvalue weighted by molar-refractivity contribution is 0.0803. The van der Waals surface area contributed by atoms with Crippen LogP contribution in [0.1, 0.15) is 11.1 Å². The van der Waals surface area contributed by atoms with Crippen molar-refractivity contribution in [2.45, 2.75) is 19.1 Å². The number of amides is 1. The molecule has 3 aromatic rings. The fourth-order valence-electron chi connectivity index (χ4n) is 4.11. The quantitative estimate of drug-likeness (QED) is 0.486. The lowest BCUT2D eigenvalue weighted by Gasteiger charge is -2.16. The van der Waals surface area contributed by atoms with Crippen LogP contribution in [0.4, 0.5) is 4.79 Å². The predicted octanol–water partition coefficient (Wildman–Crippen LogP) is 2.30. The van der Waals surface area contributed by atoms with Crippen LogP contribution in [0.3, 0.4) is 0 Å². The van der Waals surface area contributed by atoms with Crippen molar-refractivity contribution in [2.24, 2.45) is 5.92 Å². The Morgan fingerprint density at radius 2 is 2.00 bits per heavy atom. The van der Waals surface area contributed by atoms with Crippen LogP contribution in [0, 0.1) is 5.92 Å². The molecule has 1 saturated heterocycles. The Morgan fingerprint density at radius 1 is 1.18 bits per heavy atom. The number of β-amino-alcohol motifs (C(OH)–C–C–N with tert-alkyl or cyclic N) is 1. The van der Waals surface area contributed by atoms with E-state index >= 15 is 0 Å². The standard InChI is InChI=1S/C25H29N3O5/c1-32-21-8-7-18-11-19(24(30)27-22(18)12-21)9-10-28-14-20(23(29)15-28)16-33-25(31)26-13-17-5-3-2-4-6-17/h2-8,11-12,20,23,29H,9-10,13-16H2,1H3,(H,26,31)(H,27,30)/t20-,23+/m0/s1. The maximum Gasteiger partial charge on any atom is 0.407 e. The number of aliphatic hydroxyl groups excluding tert-OH is 1. The first-order valence-electron chi connectivity index (χ1n) is 11.1. The number of methoxy groups -OCH3 is 1. The molecule has 0 radical (unpaired) electrons. The zero-order valence-corrected chi connectivity index (χ0v) is 18.6. The Hall–Kier alpha value is -3.36. The smallest absolute Gasteiger partial charge is 0.407 e. The topological polar surface area (TPSA) is 104 Å². The van der Waals surface area contributed by atoms with Gasteiger partial charge in [-0.05, 0) is 35.6 Å². The number of aromatic nitrogens is 1. The summed E-state index contributed by atoms with van der Waals surface area (Å²) in [5.74, 6) is 0.536. The Kier molecular flexibility index (Phi) is 7.26. The van der Waals surface area contributed by atoms with E-state index in [2.05, 4.69) is 15.2 Å². The van der Waals surface area contributed by atoms with Gasteiger partial charge in [-0.2, -0.15) is 0 Å². The summed E-state index contributed by atoms with van der Waals surface area (Å²) < 4.78 is 10.5. The van der Waals surface area contributed by atoms with Crippen molar-refractivity contribution >= 4 is 17.0 Å². The molecule has 3 N–H and O–H groups in total. The Morgan fingerprint density at radius 3 is 2.79 bits per heavy atom. The van der Waals surface area contributed by atoms with Crippen molar-refractivity contribution in [3.05, 3.63) is 76.1 Å². The number of hydrogen-bond donors (Lipinski definition) is 3. The first kappa shape index (κ1) is 22.8. The van der Waals surface area contributed by atoms with Gasteiger partial charge in [-0.3, -0.25) is 9.69 Å². The lowest BCUT2D eigenvalue weighted by Crippen LogP contribution is -2.29.